The summed E-state index contributed by atoms with van der Waals surface area (Å²) in [6.45, 7) is 2.39. The quantitative estimate of drug-likeness (QED) is 0.857. The SMILES string of the molecule is Cc1ccc(NC(=O)C2C3CCC(C3)C2N)cc1N1CCCS1(=O)=O. The Kier molecular flexibility index (Phi) is 4.03. The van der Waals surface area contributed by atoms with Crippen molar-refractivity contribution in [3.05, 3.63) is 23.8 Å². The highest BCUT2D eigenvalue weighted by molar-refractivity contribution is 7.93. The number of benzene rings is 1. The van der Waals surface area contributed by atoms with Crippen molar-refractivity contribution in [2.24, 2.45) is 23.5 Å². The fourth-order valence-electron chi connectivity index (χ4n) is 4.82. The van der Waals surface area contributed by atoms with Gasteiger partial charge in [0.2, 0.25) is 15.9 Å². The zero-order valence-electron chi connectivity index (χ0n) is 14.4. The standard InChI is InChI=1S/C18H25N3O3S/c1-11-3-6-14(10-15(11)21-7-2-8-25(21,23)24)20-18(22)16-12-4-5-13(9-12)17(16)19/h3,6,10,12-13,16-17H,2,4-5,7-9,19H2,1H3,(H,20,22). The molecule has 1 aromatic carbocycles. The van der Waals surface area contributed by atoms with Crippen molar-refractivity contribution in [2.75, 3.05) is 21.9 Å². The van der Waals surface area contributed by atoms with E-state index in [2.05, 4.69) is 5.32 Å². The number of rotatable bonds is 3. The molecule has 4 unspecified atom stereocenters. The number of hydrogen-bond acceptors (Lipinski definition) is 4. The lowest BCUT2D eigenvalue weighted by Crippen LogP contribution is -2.42. The highest BCUT2D eigenvalue weighted by Gasteiger charge is 2.49. The first kappa shape index (κ1) is 16.8. The molecule has 1 amide bonds. The minimum Gasteiger partial charge on any atom is -0.327 e. The fourth-order valence-corrected chi connectivity index (χ4v) is 6.43. The van der Waals surface area contributed by atoms with Crippen LogP contribution in [0.4, 0.5) is 11.4 Å². The molecule has 1 saturated heterocycles. The Balaban J connectivity index is 1.56. The predicted octanol–water partition coefficient (Wildman–Crippen LogP) is 1.85. The highest BCUT2D eigenvalue weighted by Crippen LogP contribution is 2.48. The Labute approximate surface area is 148 Å². The Bertz CT molecular complexity index is 806. The van der Waals surface area contributed by atoms with E-state index in [0.717, 1.165) is 24.8 Å². The summed E-state index contributed by atoms with van der Waals surface area (Å²) in [6.07, 6.45) is 3.92. The summed E-state index contributed by atoms with van der Waals surface area (Å²) < 4.78 is 25.9. The van der Waals surface area contributed by atoms with Gasteiger partial charge < -0.3 is 11.1 Å². The summed E-state index contributed by atoms with van der Waals surface area (Å²) in [7, 11) is -3.24. The molecule has 3 fully saturated rings. The van der Waals surface area contributed by atoms with Crippen molar-refractivity contribution in [3.63, 3.8) is 0 Å². The zero-order valence-corrected chi connectivity index (χ0v) is 15.3. The molecule has 2 aliphatic carbocycles. The van der Waals surface area contributed by atoms with Crippen LogP contribution in [0.25, 0.3) is 0 Å². The highest BCUT2D eigenvalue weighted by atomic mass is 32.2. The van der Waals surface area contributed by atoms with E-state index in [9.17, 15) is 13.2 Å². The fraction of sp³-hybridized carbons (Fsp3) is 0.611. The Morgan fingerprint density at radius 1 is 1.28 bits per heavy atom. The van der Waals surface area contributed by atoms with E-state index in [1.807, 2.05) is 19.1 Å². The number of nitrogens with one attached hydrogen (secondary N) is 1. The van der Waals surface area contributed by atoms with E-state index >= 15 is 0 Å². The van der Waals surface area contributed by atoms with Gasteiger partial charge in [0.15, 0.2) is 0 Å². The van der Waals surface area contributed by atoms with Crippen LogP contribution >= 0.6 is 0 Å². The molecule has 25 heavy (non-hydrogen) atoms. The van der Waals surface area contributed by atoms with Crippen molar-refractivity contribution in [1.82, 2.24) is 0 Å². The number of amides is 1. The number of nitrogens with two attached hydrogens (primary N) is 1. The van der Waals surface area contributed by atoms with Crippen LogP contribution in [0.15, 0.2) is 18.2 Å². The number of sulfonamides is 1. The molecule has 3 aliphatic rings. The van der Waals surface area contributed by atoms with Gasteiger partial charge in [0.1, 0.15) is 0 Å². The lowest BCUT2D eigenvalue weighted by atomic mass is 9.84. The first-order valence-electron chi connectivity index (χ1n) is 9.04. The molecule has 136 valence electrons. The van der Waals surface area contributed by atoms with Crippen LogP contribution in [0, 0.1) is 24.7 Å². The molecular weight excluding hydrogens is 338 g/mol. The number of carbonyl (C=O) groups is 1. The van der Waals surface area contributed by atoms with Crippen LogP contribution < -0.4 is 15.4 Å². The van der Waals surface area contributed by atoms with E-state index < -0.39 is 10.0 Å². The molecule has 2 bridgehead atoms. The largest absolute Gasteiger partial charge is 0.327 e. The van der Waals surface area contributed by atoms with Gasteiger partial charge in [0, 0.05) is 18.3 Å². The van der Waals surface area contributed by atoms with Gasteiger partial charge in [-0.05, 0) is 62.1 Å². The van der Waals surface area contributed by atoms with Crippen molar-refractivity contribution >= 4 is 27.3 Å². The second-order valence-electron chi connectivity index (χ2n) is 7.67. The molecule has 0 radical (unpaired) electrons. The minimum absolute atomic E-state index is 0.0289. The zero-order chi connectivity index (χ0) is 17.8. The number of carbonyl (C=O) groups excluding carboxylic acids is 1. The summed E-state index contributed by atoms with van der Waals surface area (Å²) in [6, 6.07) is 5.41. The third kappa shape index (κ3) is 2.83. The summed E-state index contributed by atoms with van der Waals surface area (Å²) in [4.78, 5) is 12.7. The molecule has 7 heteroatoms. The van der Waals surface area contributed by atoms with Crippen LogP contribution in [-0.2, 0) is 14.8 Å². The summed E-state index contributed by atoms with van der Waals surface area (Å²) >= 11 is 0. The normalized spacial score (nSPS) is 33.0. The van der Waals surface area contributed by atoms with Crippen molar-refractivity contribution in [1.29, 1.82) is 0 Å². The molecule has 3 N–H and O–H groups in total. The molecule has 2 saturated carbocycles. The first-order chi connectivity index (χ1) is 11.9. The van der Waals surface area contributed by atoms with Crippen LogP contribution in [-0.4, -0.2) is 32.7 Å². The maximum Gasteiger partial charge on any atom is 0.235 e. The molecule has 0 spiro atoms. The minimum atomic E-state index is -3.24. The van der Waals surface area contributed by atoms with E-state index in [1.165, 1.54) is 4.31 Å². The molecule has 1 aliphatic heterocycles. The number of fused-ring (bicyclic) bond motifs is 2. The molecule has 1 heterocycles. The third-order valence-electron chi connectivity index (χ3n) is 6.13. The van der Waals surface area contributed by atoms with E-state index in [0.29, 0.717) is 36.2 Å². The monoisotopic (exact) mass is 363 g/mol. The number of aryl methyl sites for hydroxylation is 1. The molecule has 1 aromatic rings. The number of anilines is 2. The van der Waals surface area contributed by atoms with Gasteiger partial charge in [-0.1, -0.05) is 6.07 Å². The number of hydrogen-bond donors (Lipinski definition) is 2. The van der Waals surface area contributed by atoms with E-state index in [4.69, 9.17) is 5.73 Å². The smallest absolute Gasteiger partial charge is 0.235 e. The summed E-state index contributed by atoms with van der Waals surface area (Å²) in [5, 5.41) is 2.98. The summed E-state index contributed by atoms with van der Waals surface area (Å²) in [5.74, 6) is 0.897. The van der Waals surface area contributed by atoms with Crippen LogP contribution in [0.5, 0.6) is 0 Å². The topological polar surface area (TPSA) is 92.5 Å². The van der Waals surface area contributed by atoms with E-state index in [1.54, 1.807) is 6.07 Å². The second kappa shape index (κ2) is 5.99. The van der Waals surface area contributed by atoms with Gasteiger partial charge in [-0.15, -0.1) is 0 Å². The molecule has 6 nitrogen and oxygen atoms in total. The lowest BCUT2D eigenvalue weighted by molar-refractivity contribution is -0.121. The molecule has 0 aromatic heterocycles. The van der Waals surface area contributed by atoms with Crippen LogP contribution in [0.2, 0.25) is 0 Å². The van der Waals surface area contributed by atoms with Gasteiger partial charge in [0.25, 0.3) is 0 Å². The van der Waals surface area contributed by atoms with Crippen molar-refractivity contribution in [3.8, 4) is 0 Å². The van der Waals surface area contributed by atoms with Gasteiger partial charge in [-0.2, -0.15) is 0 Å². The lowest BCUT2D eigenvalue weighted by Gasteiger charge is -2.27. The van der Waals surface area contributed by atoms with Crippen LogP contribution in [0.1, 0.15) is 31.2 Å². The van der Waals surface area contributed by atoms with Gasteiger partial charge in [-0.25, -0.2) is 8.42 Å². The van der Waals surface area contributed by atoms with Crippen molar-refractivity contribution in [2.45, 2.75) is 38.6 Å². The first-order valence-corrected chi connectivity index (χ1v) is 10.7. The van der Waals surface area contributed by atoms with Crippen LogP contribution in [0.3, 0.4) is 0 Å². The van der Waals surface area contributed by atoms with E-state index in [-0.39, 0.29) is 23.6 Å². The summed E-state index contributed by atoms with van der Waals surface area (Å²) in [5.41, 5.74) is 8.45. The Morgan fingerprint density at radius 2 is 2.04 bits per heavy atom. The van der Waals surface area contributed by atoms with Gasteiger partial charge in [-0.3, -0.25) is 9.10 Å². The van der Waals surface area contributed by atoms with Crippen molar-refractivity contribution < 1.29 is 13.2 Å². The number of nitrogens with zero attached hydrogens (tertiary/aromatic N) is 1. The molecule has 4 atom stereocenters. The molecular formula is C18H25N3O3S. The predicted molar refractivity (Wildman–Crippen MR) is 97.9 cm³/mol. The second-order valence-corrected chi connectivity index (χ2v) is 9.68. The maximum atomic E-state index is 12.7. The third-order valence-corrected chi connectivity index (χ3v) is 7.98. The average molecular weight is 363 g/mol. The Morgan fingerprint density at radius 3 is 2.68 bits per heavy atom. The maximum absolute atomic E-state index is 12.7. The Hall–Kier alpha value is -1.60. The van der Waals surface area contributed by atoms with Gasteiger partial charge >= 0.3 is 0 Å². The average Bonchev–Trinajstić information content (AvgIpc) is 3.23. The molecule has 4 rings (SSSR count). The van der Waals surface area contributed by atoms with Gasteiger partial charge in [0.05, 0.1) is 17.4 Å².